The molecule has 3 rings (SSSR count). The average Bonchev–Trinajstić information content (AvgIpc) is 3.54. The van der Waals surface area contributed by atoms with E-state index in [1.807, 2.05) is 37.3 Å². The van der Waals surface area contributed by atoms with E-state index in [4.69, 9.17) is 9.47 Å². The van der Waals surface area contributed by atoms with Crippen LogP contribution < -0.4 is 14.8 Å². The molecule has 0 aliphatic heterocycles. The molecule has 0 atom stereocenters. The molecule has 6 nitrogen and oxygen atoms in total. The van der Waals surface area contributed by atoms with E-state index in [-0.39, 0.29) is 30.9 Å². The quantitative estimate of drug-likeness (QED) is 0.609. The fourth-order valence-electron chi connectivity index (χ4n) is 2.97. The van der Waals surface area contributed by atoms with Gasteiger partial charge in [-0.3, -0.25) is 9.59 Å². The van der Waals surface area contributed by atoms with Crippen LogP contribution >= 0.6 is 15.9 Å². The van der Waals surface area contributed by atoms with Crippen molar-refractivity contribution in [2.24, 2.45) is 0 Å². The third kappa shape index (κ3) is 5.97. The van der Waals surface area contributed by atoms with Crippen molar-refractivity contribution in [2.75, 3.05) is 25.6 Å². The second kappa shape index (κ2) is 9.78. The topological polar surface area (TPSA) is 67.9 Å². The molecule has 0 spiro atoms. The number of methoxy groups -OCH3 is 1. The van der Waals surface area contributed by atoms with Crippen LogP contribution in [0, 0.1) is 6.92 Å². The van der Waals surface area contributed by atoms with E-state index in [1.165, 1.54) is 0 Å². The largest absolute Gasteiger partial charge is 0.493 e. The zero-order valence-corrected chi connectivity index (χ0v) is 18.2. The Bertz CT molecular complexity index is 883. The number of rotatable bonds is 9. The maximum absolute atomic E-state index is 12.7. The van der Waals surface area contributed by atoms with Gasteiger partial charge in [0.05, 0.1) is 7.11 Å². The van der Waals surface area contributed by atoms with Gasteiger partial charge < -0.3 is 19.7 Å². The fourth-order valence-corrected chi connectivity index (χ4v) is 3.35. The van der Waals surface area contributed by atoms with Crippen LogP contribution in [0.5, 0.6) is 11.5 Å². The van der Waals surface area contributed by atoms with E-state index in [0.717, 1.165) is 28.6 Å². The fraction of sp³-hybridized carbons (Fsp3) is 0.364. The summed E-state index contributed by atoms with van der Waals surface area (Å²) in [5.41, 5.74) is 1.83. The van der Waals surface area contributed by atoms with E-state index < -0.39 is 0 Å². The van der Waals surface area contributed by atoms with Crippen molar-refractivity contribution < 1.29 is 19.1 Å². The number of halogens is 1. The minimum atomic E-state index is -0.121. The summed E-state index contributed by atoms with van der Waals surface area (Å²) in [5, 5.41) is 2.88. The lowest BCUT2D eigenvalue weighted by molar-refractivity contribution is -0.134. The number of aryl methyl sites for hydroxylation is 1. The molecule has 154 valence electrons. The van der Waals surface area contributed by atoms with Crippen LogP contribution in [0.1, 0.15) is 24.8 Å². The van der Waals surface area contributed by atoms with Crippen LogP contribution in [0.4, 0.5) is 5.69 Å². The molecular weight excluding hydrogens is 436 g/mol. The molecule has 1 N–H and O–H groups in total. The number of hydrogen-bond acceptors (Lipinski definition) is 4. The van der Waals surface area contributed by atoms with Gasteiger partial charge in [0, 0.05) is 29.2 Å². The number of anilines is 1. The number of ether oxygens (including phenoxy) is 2. The van der Waals surface area contributed by atoms with Crippen molar-refractivity contribution in [1.82, 2.24) is 4.90 Å². The lowest BCUT2D eigenvalue weighted by Gasteiger charge is -2.22. The van der Waals surface area contributed by atoms with Crippen molar-refractivity contribution in [3.8, 4) is 11.5 Å². The van der Waals surface area contributed by atoms with Crippen LogP contribution in [0.25, 0.3) is 0 Å². The molecule has 1 fully saturated rings. The highest BCUT2D eigenvalue weighted by molar-refractivity contribution is 9.10. The molecule has 2 aromatic carbocycles. The highest BCUT2D eigenvalue weighted by Crippen LogP contribution is 2.29. The van der Waals surface area contributed by atoms with Crippen molar-refractivity contribution >= 4 is 33.4 Å². The molecule has 0 heterocycles. The summed E-state index contributed by atoms with van der Waals surface area (Å²) in [7, 11) is 1.56. The van der Waals surface area contributed by atoms with Crippen LogP contribution in [0.2, 0.25) is 0 Å². The van der Waals surface area contributed by atoms with Gasteiger partial charge in [-0.2, -0.15) is 0 Å². The number of para-hydroxylation sites is 2. The van der Waals surface area contributed by atoms with Gasteiger partial charge in [-0.25, -0.2) is 0 Å². The van der Waals surface area contributed by atoms with Gasteiger partial charge in [0.15, 0.2) is 18.1 Å². The smallest absolute Gasteiger partial charge is 0.260 e. The second-order valence-corrected chi connectivity index (χ2v) is 7.87. The third-order valence-corrected chi connectivity index (χ3v) is 5.62. The Hall–Kier alpha value is -2.54. The Morgan fingerprint density at radius 3 is 2.55 bits per heavy atom. The van der Waals surface area contributed by atoms with Gasteiger partial charge in [0.1, 0.15) is 0 Å². The third-order valence-electron chi connectivity index (χ3n) is 4.76. The summed E-state index contributed by atoms with van der Waals surface area (Å²) in [5.74, 6) is 0.873. The maximum Gasteiger partial charge on any atom is 0.260 e. The van der Waals surface area contributed by atoms with Gasteiger partial charge in [-0.1, -0.05) is 34.1 Å². The Morgan fingerprint density at radius 2 is 1.90 bits per heavy atom. The Morgan fingerprint density at radius 1 is 1.17 bits per heavy atom. The van der Waals surface area contributed by atoms with Crippen molar-refractivity contribution in [3.05, 3.63) is 52.5 Å². The summed E-state index contributed by atoms with van der Waals surface area (Å²) in [6, 6.07) is 13.1. The van der Waals surface area contributed by atoms with E-state index in [1.54, 1.807) is 24.1 Å². The lowest BCUT2D eigenvalue weighted by Crippen LogP contribution is -2.38. The molecule has 2 amide bonds. The number of carbonyl (C=O) groups excluding carboxylic acids is 2. The number of carbonyl (C=O) groups is 2. The SMILES string of the molecule is COc1ccccc1OCC(=O)N(CCC(=O)Nc1ccc(C)c(Br)c1)C1CC1. The molecule has 1 aliphatic rings. The van der Waals surface area contributed by atoms with E-state index in [2.05, 4.69) is 21.2 Å². The number of amides is 2. The monoisotopic (exact) mass is 460 g/mol. The minimum absolute atomic E-state index is 0.0800. The van der Waals surface area contributed by atoms with Gasteiger partial charge >= 0.3 is 0 Å². The van der Waals surface area contributed by atoms with Crippen molar-refractivity contribution in [2.45, 2.75) is 32.2 Å². The standard InChI is InChI=1S/C22H25BrN2O4/c1-15-7-8-16(13-18(15)23)24-21(26)11-12-25(17-9-10-17)22(27)14-29-20-6-4-3-5-19(20)28-2/h3-8,13,17H,9-12,14H2,1-2H3,(H,24,26). The van der Waals surface area contributed by atoms with Gasteiger partial charge in [0.2, 0.25) is 5.91 Å². The summed E-state index contributed by atoms with van der Waals surface area (Å²) in [4.78, 5) is 26.8. The molecule has 0 saturated heterocycles. The zero-order chi connectivity index (χ0) is 20.8. The summed E-state index contributed by atoms with van der Waals surface area (Å²) in [6.07, 6.45) is 2.17. The summed E-state index contributed by atoms with van der Waals surface area (Å²) < 4.78 is 11.8. The first-order valence-corrected chi connectivity index (χ1v) is 10.4. The summed E-state index contributed by atoms with van der Waals surface area (Å²) >= 11 is 3.46. The van der Waals surface area contributed by atoms with E-state index in [0.29, 0.717) is 18.0 Å². The second-order valence-electron chi connectivity index (χ2n) is 7.02. The summed E-state index contributed by atoms with van der Waals surface area (Å²) in [6.45, 7) is 2.28. The molecular formula is C22H25BrN2O4. The van der Waals surface area contributed by atoms with Crippen molar-refractivity contribution in [1.29, 1.82) is 0 Å². The molecule has 0 bridgehead atoms. The Labute approximate surface area is 179 Å². The highest BCUT2D eigenvalue weighted by atomic mass is 79.9. The molecule has 29 heavy (non-hydrogen) atoms. The van der Waals surface area contributed by atoms with Gasteiger partial charge in [0.25, 0.3) is 5.91 Å². The molecule has 0 radical (unpaired) electrons. The first-order valence-electron chi connectivity index (χ1n) is 9.59. The predicted octanol–water partition coefficient (Wildman–Crippen LogP) is 4.16. The molecule has 0 aromatic heterocycles. The number of hydrogen-bond donors (Lipinski definition) is 1. The number of nitrogens with zero attached hydrogens (tertiary/aromatic N) is 1. The molecule has 1 saturated carbocycles. The Kier molecular flexibility index (Phi) is 7.14. The van der Waals surface area contributed by atoms with E-state index >= 15 is 0 Å². The predicted molar refractivity (Wildman–Crippen MR) is 115 cm³/mol. The molecule has 0 unspecified atom stereocenters. The highest BCUT2D eigenvalue weighted by Gasteiger charge is 2.32. The van der Waals surface area contributed by atoms with Crippen LogP contribution in [0.3, 0.4) is 0 Å². The Balaban J connectivity index is 1.52. The minimum Gasteiger partial charge on any atom is -0.493 e. The van der Waals surface area contributed by atoms with Gasteiger partial charge in [-0.15, -0.1) is 0 Å². The van der Waals surface area contributed by atoms with Crippen molar-refractivity contribution in [3.63, 3.8) is 0 Å². The first kappa shape index (κ1) is 21.2. The molecule has 1 aliphatic carbocycles. The van der Waals surface area contributed by atoms with E-state index in [9.17, 15) is 9.59 Å². The molecule has 2 aromatic rings. The number of benzene rings is 2. The zero-order valence-electron chi connectivity index (χ0n) is 16.6. The maximum atomic E-state index is 12.7. The van der Waals surface area contributed by atoms with Crippen LogP contribution in [-0.2, 0) is 9.59 Å². The average molecular weight is 461 g/mol. The lowest BCUT2D eigenvalue weighted by atomic mass is 10.2. The van der Waals surface area contributed by atoms with Crippen LogP contribution in [-0.4, -0.2) is 43.0 Å². The first-order chi connectivity index (χ1) is 14.0. The normalized spacial score (nSPS) is 12.9. The van der Waals surface area contributed by atoms with Gasteiger partial charge in [-0.05, 0) is 49.6 Å². The number of nitrogens with one attached hydrogen (secondary N) is 1. The molecule has 7 heteroatoms. The van der Waals surface area contributed by atoms with Crippen LogP contribution in [0.15, 0.2) is 46.9 Å².